The molecule has 3 nitrogen and oxygen atoms in total. The zero-order chi connectivity index (χ0) is 13.8. The van der Waals surface area contributed by atoms with Crippen LogP contribution >= 0.6 is 11.3 Å². The van der Waals surface area contributed by atoms with Gasteiger partial charge in [-0.1, -0.05) is 12.1 Å². The maximum atomic E-state index is 11.2. The largest absolute Gasteiger partial charge is 0.478 e. The van der Waals surface area contributed by atoms with E-state index in [-0.39, 0.29) is 6.04 Å². The smallest absolute Gasteiger partial charge is 0.337 e. The van der Waals surface area contributed by atoms with E-state index in [1.165, 1.54) is 4.88 Å². The quantitative estimate of drug-likeness (QED) is 0.872. The van der Waals surface area contributed by atoms with Gasteiger partial charge in [0.25, 0.3) is 0 Å². The molecule has 0 fully saturated rings. The molecule has 2 aromatic rings. The van der Waals surface area contributed by atoms with Gasteiger partial charge in [0.1, 0.15) is 0 Å². The summed E-state index contributed by atoms with van der Waals surface area (Å²) in [5.74, 6) is -0.897. The highest BCUT2D eigenvalue weighted by molar-refractivity contribution is 7.09. The first kappa shape index (κ1) is 13.6. The molecule has 1 aromatic heterocycles. The van der Waals surface area contributed by atoms with E-state index in [2.05, 4.69) is 23.7 Å². The Morgan fingerprint density at radius 3 is 2.84 bits per heavy atom. The molecule has 1 unspecified atom stereocenters. The summed E-state index contributed by atoms with van der Waals surface area (Å²) < 4.78 is 0. The summed E-state index contributed by atoms with van der Waals surface area (Å²) in [6.45, 7) is 4.02. The van der Waals surface area contributed by atoms with E-state index in [9.17, 15) is 9.90 Å². The van der Waals surface area contributed by atoms with Crippen molar-refractivity contribution in [2.24, 2.45) is 0 Å². The first-order valence-electron chi connectivity index (χ1n) is 6.19. The molecule has 2 rings (SSSR count). The van der Waals surface area contributed by atoms with E-state index in [4.69, 9.17) is 0 Å². The molecule has 1 heterocycles. The van der Waals surface area contributed by atoms with Gasteiger partial charge in [0, 0.05) is 23.0 Å². The minimum absolute atomic E-state index is 0.193. The number of thiophene rings is 1. The van der Waals surface area contributed by atoms with Crippen molar-refractivity contribution in [2.75, 3.05) is 5.32 Å². The summed E-state index contributed by atoms with van der Waals surface area (Å²) in [6.07, 6.45) is 0.894. The average molecular weight is 275 g/mol. The van der Waals surface area contributed by atoms with Crippen molar-refractivity contribution in [3.63, 3.8) is 0 Å². The lowest BCUT2D eigenvalue weighted by Gasteiger charge is -2.16. The number of carboxylic acid groups (broad SMARTS) is 1. The Morgan fingerprint density at radius 2 is 2.21 bits per heavy atom. The van der Waals surface area contributed by atoms with Gasteiger partial charge in [0.05, 0.1) is 5.56 Å². The second kappa shape index (κ2) is 5.89. The van der Waals surface area contributed by atoms with Crippen LogP contribution in [0, 0.1) is 6.92 Å². The van der Waals surface area contributed by atoms with E-state index < -0.39 is 5.97 Å². The summed E-state index contributed by atoms with van der Waals surface area (Å²) in [5, 5.41) is 14.5. The lowest BCUT2D eigenvalue weighted by atomic mass is 10.1. The van der Waals surface area contributed by atoms with Gasteiger partial charge in [-0.05, 0) is 43.0 Å². The van der Waals surface area contributed by atoms with Gasteiger partial charge in [0.15, 0.2) is 0 Å². The van der Waals surface area contributed by atoms with Crippen molar-refractivity contribution in [3.8, 4) is 0 Å². The van der Waals surface area contributed by atoms with Gasteiger partial charge in [0.2, 0.25) is 0 Å². The number of hydrogen-bond donors (Lipinski definition) is 2. The van der Waals surface area contributed by atoms with Crippen LogP contribution in [0.25, 0.3) is 0 Å². The van der Waals surface area contributed by atoms with Gasteiger partial charge in [-0.15, -0.1) is 11.3 Å². The van der Waals surface area contributed by atoms with Gasteiger partial charge >= 0.3 is 5.97 Å². The number of carbonyl (C=O) groups is 1. The molecule has 1 atom stereocenters. The molecule has 1 aromatic carbocycles. The van der Waals surface area contributed by atoms with Crippen LogP contribution in [0.15, 0.2) is 35.7 Å². The fourth-order valence-electron chi connectivity index (χ4n) is 2.01. The molecule has 0 saturated carbocycles. The van der Waals surface area contributed by atoms with Crippen molar-refractivity contribution >= 4 is 23.0 Å². The molecule has 0 aliphatic heterocycles. The maximum absolute atomic E-state index is 11.2. The molecule has 0 saturated heterocycles. The predicted octanol–water partition coefficient (Wildman–Crippen LogP) is 3.80. The number of hydrogen-bond acceptors (Lipinski definition) is 3. The Labute approximate surface area is 116 Å². The van der Waals surface area contributed by atoms with Crippen molar-refractivity contribution in [1.29, 1.82) is 0 Å². The van der Waals surface area contributed by atoms with Crippen molar-refractivity contribution < 1.29 is 9.90 Å². The normalized spacial score (nSPS) is 12.1. The molecule has 0 amide bonds. The van der Waals surface area contributed by atoms with E-state index in [1.54, 1.807) is 17.4 Å². The minimum atomic E-state index is -0.897. The fraction of sp³-hybridized carbons (Fsp3) is 0.267. The Hall–Kier alpha value is -1.81. The Morgan fingerprint density at radius 1 is 1.42 bits per heavy atom. The Kier molecular flexibility index (Phi) is 4.22. The van der Waals surface area contributed by atoms with Crippen LogP contribution in [-0.2, 0) is 6.42 Å². The van der Waals surface area contributed by atoms with Gasteiger partial charge in [-0.3, -0.25) is 0 Å². The number of aromatic carboxylic acids is 1. The molecule has 0 radical (unpaired) electrons. The zero-order valence-electron chi connectivity index (χ0n) is 11.0. The van der Waals surface area contributed by atoms with Crippen LogP contribution < -0.4 is 5.32 Å². The lowest BCUT2D eigenvalue weighted by Crippen LogP contribution is -2.19. The van der Waals surface area contributed by atoms with Gasteiger partial charge in [-0.25, -0.2) is 4.79 Å². The van der Waals surface area contributed by atoms with Crippen LogP contribution in [-0.4, -0.2) is 17.1 Å². The molecular formula is C15H17NO2S. The highest BCUT2D eigenvalue weighted by Gasteiger charge is 2.12. The van der Waals surface area contributed by atoms with Crippen molar-refractivity contribution in [2.45, 2.75) is 26.3 Å². The summed E-state index contributed by atoms with van der Waals surface area (Å²) in [5.41, 5.74) is 2.07. The summed E-state index contributed by atoms with van der Waals surface area (Å²) >= 11 is 1.72. The second-order valence-corrected chi connectivity index (χ2v) is 5.72. The first-order chi connectivity index (χ1) is 9.06. The van der Waals surface area contributed by atoms with E-state index in [1.807, 2.05) is 25.1 Å². The van der Waals surface area contributed by atoms with Crippen molar-refractivity contribution in [1.82, 2.24) is 0 Å². The highest BCUT2D eigenvalue weighted by atomic mass is 32.1. The number of aryl methyl sites for hydroxylation is 1. The lowest BCUT2D eigenvalue weighted by molar-refractivity contribution is 0.0698. The molecular weight excluding hydrogens is 258 g/mol. The molecule has 0 aliphatic carbocycles. The number of anilines is 1. The van der Waals surface area contributed by atoms with Crippen LogP contribution in [0.2, 0.25) is 0 Å². The summed E-state index contributed by atoms with van der Waals surface area (Å²) in [4.78, 5) is 12.5. The summed E-state index contributed by atoms with van der Waals surface area (Å²) in [6, 6.07) is 9.67. The first-order valence-corrected chi connectivity index (χ1v) is 7.07. The van der Waals surface area contributed by atoms with Crippen LogP contribution in [0.5, 0.6) is 0 Å². The monoisotopic (exact) mass is 275 g/mol. The molecule has 100 valence electrons. The Bertz CT molecular complexity index is 564. The standard InChI is InChI=1S/C15H17NO2S/c1-10-5-6-13(15(17)18)14(8-10)16-11(2)9-12-4-3-7-19-12/h3-8,11,16H,9H2,1-2H3,(H,17,18). The van der Waals surface area contributed by atoms with Gasteiger partial charge < -0.3 is 10.4 Å². The second-order valence-electron chi connectivity index (χ2n) is 4.68. The molecule has 2 N–H and O–H groups in total. The average Bonchev–Trinajstić information content (AvgIpc) is 2.81. The van der Waals surface area contributed by atoms with E-state index in [0.717, 1.165) is 12.0 Å². The SMILES string of the molecule is Cc1ccc(C(=O)O)c(NC(C)Cc2cccs2)c1. The fourth-order valence-corrected chi connectivity index (χ4v) is 2.85. The highest BCUT2D eigenvalue weighted by Crippen LogP contribution is 2.20. The van der Waals surface area contributed by atoms with E-state index in [0.29, 0.717) is 11.3 Å². The molecule has 0 spiro atoms. The number of benzene rings is 1. The summed E-state index contributed by atoms with van der Waals surface area (Å²) in [7, 11) is 0. The predicted molar refractivity (Wildman–Crippen MR) is 79.2 cm³/mol. The maximum Gasteiger partial charge on any atom is 0.337 e. The molecule has 0 bridgehead atoms. The molecule has 0 aliphatic rings. The topological polar surface area (TPSA) is 49.3 Å². The van der Waals surface area contributed by atoms with Crippen LogP contribution in [0.4, 0.5) is 5.69 Å². The van der Waals surface area contributed by atoms with Crippen LogP contribution in [0.3, 0.4) is 0 Å². The van der Waals surface area contributed by atoms with Gasteiger partial charge in [-0.2, -0.15) is 0 Å². The molecule has 19 heavy (non-hydrogen) atoms. The number of rotatable bonds is 5. The van der Waals surface area contributed by atoms with Crippen LogP contribution in [0.1, 0.15) is 27.7 Å². The third kappa shape index (κ3) is 3.58. The third-order valence-corrected chi connectivity index (χ3v) is 3.79. The van der Waals surface area contributed by atoms with E-state index >= 15 is 0 Å². The Balaban J connectivity index is 2.13. The molecule has 4 heteroatoms. The third-order valence-electron chi connectivity index (χ3n) is 2.89. The van der Waals surface area contributed by atoms with Crippen molar-refractivity contribution in [3.05, 3.63) is 51.7 Å². The number of carboxylic acids is 1. The zero-order valence-corrected chi connectivity index (χ0v) is 11.8. The number of nitrogens with one attached hydrogen (secondary N) is 1. The minimum Gasteiger partial charge on any atom is -0.478 e.